The molecule has 1 amide bonds. The number of phenolic OH excluding ortho intramolecular Hbond substituents is 2. The molecular formula is C14H16N4O3. The second-order valence-corrected chi connectivity index (χ2v) is 4.39. The van der Waals surface area contributed by atoms with E-state index in [4.69, 9.17) is 0 Å². The van der Waals surface area contributed by atoms with Crippen molar-refractivity contribution >= 4 is 11.9 Å². The number of rotatable bonds is 4. The standard InChI is InChI=1S/C14H16N4O3/c1-3-10-11(4-2)17-18-14(15-10)16-13(21)9-6-5-8(19)7-12(9)20/h5-7,19-20H,3-4H2,1-2H3,(H,15,16,18,21). The van der Waals surface area contributed by atoms with Crippen LogP contribution in [0.2, 0.25) is 0 Å². The summed E-state index contributed by atoms with van der Waals surface area (Å²) in [6, 6.07) is 3.71. The summed E-state index contributed by atoms with van der Waals surface area (Å²) in [5.41, 5.74) is 1.59. The van der Waals surface area contributed by atoms with Gasteiger partial charge in [0.1, 0.15) is 11.5 Å². The Labute approximate surface area is 121 Å². The molecule has 0 atom stereocenters. The first-order valence-electron chi connectivity index (χ1n) is 6.61. The molecule has 0 fully saturated rings. The van der Waals surface area contributed by atoms with Gasteiger partial charge >= 0.3 is 0 Å². The minimum Gasteiger partial charge on any atom is -0.508 e. The summed E-state index contributed by atoms with van der Waals surface area (Å²) in [7, 11) is 0. The van der Waals surface area contributed by atoms with Crippen LogP contribution in [0, 0.1) is 0 Å². The lowest BCUT2D eigenvalue weighted by atomic mass is 10.2. The number of carbonyl (C=O) groups excluding carboxylic acids is 1. The van der Waals surface area contributed by atoms with Crippen LogP contribution in [0.4, 0.5) is 5.95 Å². The predicted molar refractivity (Wildman–Crippen MR) is 76.3 cm³/mol. The second-order valence-electron chi connectivity index (χ2n) is 4.39. The van der Waals surface area contributed by atoms with E-state index in [-0.39, 0.29) is 23.0 Å². The zero-order valence-electron chi connectivity index (χ0n) is 11.8. The van der Waals surface area contributed by atoms with E-state index in [2.05, 4.69) is 20.5 Å². The molecule has 0 aliphatic rings. The van der Waals surface area contributed by atoms with Crippen molar-refractivity contribution in [2.75, 3.05) is 5.32 Å². The Morgan fingerprint density at radius 2 is 1.86 bits per heavy atom. The van der Waals surface area contributed by atoms with Gasteiger partial charge in [-0.05, 0) is 25.0 Å². The number of hydrogen-bond acceptors (Lipinski definition) is 6. The highest BCUT2D eigenvalue weighted by Gasteiger charge is 2.14. The monoisotopic (exact) mass is 288 g/mol. The van der Waals surface area contributed by atoms with Crippen molar-refractivity contribution in [3.05, 3.63) is 35.2 Å². The third-order valence-corrected chi connectivity index (χ3v) is 2.96. The third-order valence-electron chi connectivity index (χ3n) is 2.96. The van der Waals surface area contributed by atoms with Crippen molar-refractivity contribution in [2.24, 2.45) is 0 Å². The average Bonchev–Trinajstić information content (AvgIpc) is 2.46. The maximum absolute atomic E-state index is 12.0. The molecule has 0 bridgehead atoms. The topological polar surface area (TPSA) is 108 Å². The Kier molecular flexibility index (Phi) is 4.32. The molecule has 3 N–H and O–H groups in total. The Morgan fingerprint density at radius 3 is 2.48 bits per heavy atom. The van der Waals surface area contributed by atoms with Crippen molar-refractivity contribution in [1.82, 2.24) is 15.2 Å². The van der Waals surface area contributed by atoms with Gasteiger partial charge in [-0.25, -0.2) is 4.98 Å². The van der Waals surface area contributed by atoms with Crippen LogP contribution in [0.15, 0.2) is 18.2 Å². The molecule has 0 unspecified atom stereocenters. The van der Waals surface area contributed by atoms with E-state index < -0.39 is 5.91 Å². The summed E-state index contributed by atoms with van der Waals surface area (Å²) in [5.74, 6) is -0.925. The number of carbonyl (C=O) groups is 1. The van der Waals surface area contributed by atoms with Gasteiger partial charge in [-0.15, -0.1) is 10.2 Å². The quantitative estimate of drug-likeness (QED) is 0.789. The summed E-state index contributed by atoms with van der Waals surface area (Å²) in [4.78, 5) is 16.3. The van der Waals surface area contributed by atoms with Gasteiger partial charge in [0.25, 0.3) is 5.91 Å². The van der Waals surface area contributed by atoms with Crippen LogP contribution in [0.25, 0.3) is 0 Å². The highest BCUT2D eigenvalue weighted by Crippen LogP contribution is 2.23. The average molecular weight is 288 g/mol. The van der Waals surface area contributed by atoms with Gasteiger partial charge in [-0.2, -0.15) is 0 Å². The van der Waals surface area contributed by atoms with Crippen molar-refractivity contribution in [3.63, 3.8) is 0 Å². The molecule has 7 nitrogen and oxygen atoms in total. The van der Waals surface area contributed by atoms with Crippen LogP contribution in [0.1, 0.15) is 35.6 Å². The Morgan fingerprint density at radius 1 is 1.14 bits per heavy atom. The Bertz CT molecular complexity index is 673. The summed E-state index contributed by atoms with van der Waals surface area (Å²) in [5, 5.41) is 29.2. The molecule has 0 saturated heterocycles. The molecule has 21 heavy (non-hydrogen) atoms. The number of aromatic hydroxyl groups is 2. The van der Waals surface area contributed by atoms with Crippen LogP contribution in [-0.2, 0) is 12.8 Å². The van der Waals surface area contributed by atoms with Gasteiger partial charge in [0.15, 0.2) is 0 Å². The number of aryl methyl sites for hydroxylation is 2. The second kappa shape index (κ2) is 6.17. The van der Waals surface area contributed by atoms with E-state index in [1.807, 2.05) is 13.8 Å². The van der Waals surface area contributed by atoms with Crippen molar-refractivity contribution in [3.8, 4) is 11.5 Å². The van der Waals surface area contributed by atoms with Gasteiger partial charge < -0.3 is 10.2 Å². The normalized spacial score (nSPS) is 10.4. The predicted octanol–water partition coefficient (Wildman–Crippen LogP) is 1.66. The van der Waals surface area contributed by atoms with Crippen molar-refractivity contribution < 1.29 is 15.0 Å². The lowest BCUT2D eigenvalue weighted by Crippen LogP contribution is -2.16. The minimum absolute atomic E-state index is 0.0222. The smallest absolute Gasteiger partial charge is 0.261 e. The molecule has 0 saturated carbocycles. The SMILES string of the molecule is CCc1nnc(NC(=O)c2ccc(O)cc2O)nc1CC. The first-order valence-corrected chi connectivity index (χ1v) is 6.61. The Hall–Kier alpha value is -2.70. The van der Waals surface area contributed by atoms with E-state index in [1.54, 1.807) is 0 Å². The minimum atomic E-state index is -0.569. The fourth-order valence-electron chi connectivity index (χ4n) is 1.87. The highest BCUT2D eigenvalue weighted by atomic mass is 16.3. The first kappa shape index (κ1) is 14.7. The molecule has 0 aliphatic heterocycles. The molecule has 1 aromatic heterocycles. The lowest BCUT2D eigenvalue weighted by Gasteiger charge is -2.08. The van der Waals surface area contributed by atoms with Crippen LogP contribution < -0.4 is 5.32 Å². The van der Waals surface area contributed by atoms with Crippen molar-refractivity contribution in [1.29, 1.82) is 0 Å². The number of nitrogens with zero attached hydrogens (tertiary/aromatic N) is 3. The van der Waals surface area contributed by atoms with Gasteiger partial charge in [-0.3, -0.25) is 10.1 Å². The summed E-state index contributed by atoms with van der Waals surface area (Å²) >= 11 is 0. The van der Waals surface area contributed by atoms with Crippen LogP contribution in [-0.4, -0.2) is 31.3 Å². The third kappa shape index (κ3) is 3.25. The van der Waals surface area contributed by atoms with E-state index in [9.17, 15) is 15.0 Å². The maximum Gasteiger partial charge on any atom is 0.261 e. The molecule has 2 rings (SSSR count). The van der Waals surface area contributed by atoms with Crippen molar-refractivity contribution in [2.45, 2.75) is 26.7 Å². The van der Waals surface area contributed by atoms with Gasteiger partial charge in [0.2, 0.25) is 5.95 Å². The zero-order chi connectivity index (χ0) is 15.4. The molecule has 110 valence electrons. The number of nitrogens with one attached hydrogen (secondary N) is 1. The zero-order valence-corrected chi connectivity index (χ0v) is 11.8. The van der Waals surface area contributed by atoms with Crippen LogP contribution in [0.5, 0.6) is 11.5 Å². The Balaban J connectivity index is 2.23. The van der Waals surface area contributed by atoms with E-state index in [0.717, 1.165) is 23.9 Å². The molecule has 2 aromatic rings. The molecule has 0 aliphatic carbocycles. The highest BCUT2D eigenvalue weighted by molar-refractivity contribution is 6.05. The fourth-order valence-corrected chi connectivity index (χ4v) is 1.87. The van der Waals surface area contributed by atoms with E-state index in [0.29, 0.717) is 6.42 Å². The summed E-state index contributed by atoms with van der Waals surface area (Å²) in [6.45, 7) is 3.90. The molecular weight excluding hydrogens is 272 g/mol. The summed E-state index contributed by atoms with van der Waals surface area (Å²) in [6.07, 6.45) is 1.40. The van der Waals surface area contributed by atoms with E-state index >= 15 is 0 Å². The number of anilines is 1. The molecule has 1 heterocycles. The van der Waals surface area contributed by atoms with Gasteiger partial charge in [-0.1, -0.05) is 13.8 Å². The molecule has 1 aromatic carbocycles. The maximum atomic E-state index is 12.0. The van der Waals surface area contributed by atoms with Gasteiger partial charge in [0.05, 0.1) is 17.0 Å². The number of amides is 1. The van der Waals surface area contributed by atoms with Gasteiger partial charge in [0, 0.05) is 6.07 Å². The first-order chi connectivity index (χ1) is 10.0. The van der Waals surface area contributed by atoms with Crippen LogP contribution >= 0.6 is 0 Å². The molecule has 7 heteroatoms. The fraction of sp³-hybridized carbons (Fsp3) is 0.286. The number of hydrogen-bond donors (Lipinski definition) is 3. The van der Waals surface area contributed by atoms with E-state index in [1.165, 1.54) is 12.1 Å². The molecule has 0 radical (unpaired) electrons. The van der Waals surface area contributed by atoms with Crippen LogP contribution in [0.3, 0.4) is 0 Å². The lowest BCUT2D eigenvalue weighted by molar-refractivity contribution is 0.102. The molecule has 0 spiro atoms. The number of benzene rings is 1. The number of aromatic nitrogens is 3. The number of phenols is 2. The largest absolute Gasteiger partial charge is 0.508 e. The summed E-state index contributed by atoms with van der Waals surface area (Å²) < 4.78 is 0.